The lowest BCUT2D eigenvalue weighted by atomic mass is 10.1. The fourth-order valence-electron chi connectivity index (χ4n) is 1.25. The minimum atomic E-state index is -0.520. The maximum absolute atomic E-state index is 12.9. The highest BCUT2D eigenvalue weighted by molar-refractivity contribution is 9.10. The van der Waals surface area contributed by atoms with Crippen molar-refractivity contribution in [1.82, 2.24) is 0 Å². The first kappa shape index (κ1) is 13.1. The van der Waals surface area contributed by atoms with Crippen molar-refractivity contribution >= 4 is 27.5 Å². The highest BCUT2D eigenvalue weighted by atomic mass is 79.9. The lowest BCUT2D eigenvalue weighted by Gasteiger charge is -2.11. The van der Waals surface area contributed by atoms with Gasteiger partial charge in [0.15, 0.2) is 0 Å². The van der Waals surface area contributed by atoms with E-state index in [0.717, 1.165) is 6.42 Å². The molecule has 0 unspecified atom stereocenters. The Kier molecular flexibility index (Phi) is 4.89. The van der Waals surface area contributed by atoms with Gasteiger partial charge in [0.2, 0.25) is 5.91 Å². The van der Waals surface area contributed by atoms with Gasteiger partial charge in [-0.25, -0.2) is 4.39 Å². The van der Waals surface area contributed by atoms with Gasteiger partial charge in [-0.1, -0.05) is 13.3 Å². The second-order valence-electron chi connectivity index (χ2n) is 3.51. The molecule has 1 amide bonds. The van der Waals surface area contributed by atoms with Crippen LogP contribution in [0.4, 0.5) is 10.1 Å². The summed E-state index contributed by atoms with van der Waals surface area (Å²) in [5.41, 5.74) is 6.18. The Balaban J connectivity index is 2.66. The van der Waals surface area contributed by atoms with Crippen LogP contribution in [0.15, 0.2) is 22.7 Å². The van der Waals surface area contributed by atoms with Crippen molar-refractivity contribution in [2.45, 2.75) is 25.8 Å². The van der Waals surface area contributed by atoms with Gasteiger partial charge in [0, 0.05) is 5.69 Å². The van der Waals surface area contributed by atoms with E-state index >= 15 is 0 Å². The predicted octanol–water partition coefficient (Wildman–Crippen LogP) is 2.65. The molecule has 0 aliphatic heterocycles. The SMILES string of the molecule is CCC[C@H](N)C(=O)Nc1ccc(F)c(Br)c1. The fourth-order valence-corrected chi connectivity index (χ4v) is 1.63. The van der Waals surface area contributed by atoms with Crippen molar-refractivity contribution in [1.29, 1.82) is 0 Å². The van der Waals surface area contributed by atoms with Crippen LogP contribution in [0.2, 0.25) is 0 Å². The molecular formula is C11H14BrFN2O. The van der Waals surface area contributed by atoms with Crippen LogP contribution in [0.25, 0.3) is 0 Å². The van der Waals surface area contributed by atoms with Crippen molar-refractivity contribution in [3.63, 3.8) is 0 Å². The number of benzene rings is 1. The van der Waals surface area contributed by atoms with Crippen molar-refractivity contribution in [2.75, 3.05) is 5.32 Å². The third-order valence-corrected chi connectivity index (χ3v) is 2.73. The van der Waals surface area contributed by atoms with Crippen LogP contribution in [-0.2, 0) is 4.79 Å². The fraction of sp³-hybridized carbons (Fsp3) is 0.364. The van der Waals surface area contributed by atoms with Crippen molar-refractivity contribution < 1.29 is 9.18 Å². The summed E-state index contributed by atoms with van der Waals surface area (Å²) in [4.78, 5) is 11.6. The molecule has 0 spiro atoms. The average Bonchev–Trinajstić information content (AvgIpc) is 2.24. The van der Waals surface area contributed by atoms with Gasteiger partial charge in [0.05, 0.1) is 10.5 Å². The molecule has 0 saturated carbocycles. The number of nitrogens with one attached hydrogen (secondary N) is 1. The van der Waals surface area contributed by atoms with Gasteiger partial charge in [-0.2, -0.15) is 0 Å². The van der Waals surface area contributed by atoms with Gasteiger partial charge in [0.1, 0.15) is 5.82 Å². The Bertz CT molecular complexity index is 384. The first-order valence-corrected chi connectivity index (χ1v) is 5.85. The summed E-state index contributed by atoms with van der Waals surface area (Å²) < 4.78 is 13.2. The number of amides is 1. The van der Waals surface area contributed by atoms with Gasteiger partial charge in [0.25, 0.3) is 0 Å². The van der Waals surface area contributed by atoms with Gasteiger partial charge in [-0.15, -0.1) is 0 Å². The molecule has 3 N–H and O–H groups in total. The van der Waals surface area contributed by atoms with Crippen LogP contribution in [0.1, 0.15) is 19.8 Å². The third kappa shape index (κ3) is 3.57. The Morgan fingerprint density at radius 1 is 1.62 bits per heavy atom. The highest BCUT2D eigenvalue weighted by Gasteiger charge is 2.12. The summed E-state index contributed by atoms with van der Waals surface area (Å²) in [5, 5.41) is 2.63. The van der Waals surface area contributed by atoms with Gasteiger partial charge >= 0.3 is 0 Å². The molecule has 0 heterocycles. The second-order valence-corrected chi connectivity index (χ2v) is 4.37. The molecule has 0 aromatic heterocycles. The lowest BCUT2D eigenvalue weighted by molar-refractivity contribution is -0.117. The summed E-state index contributed by atoms with van der Waals surface area (Å²) in [6.07, 6.45) is 1.48. The molecule has 5 heteroatoms. The number of anilines is 1. The summed E-state index contributed by atoms with van der Waals surface area (Å²) >= 11 is 3.05. The number of halogens is 2. The van der Waals surface area contributed by atoms with Crippen LogP contribution >= 0.6 is 15.9 Å². The topological polar surface area (TPSA) is 55.1 Å². The van der Waals surface area contributed by atoms with Crippen molar-refractivity contribution in [3.05, 3.63) is 28.5 Å². The van der Waals surface area contributed by atoms with Crippen LogP contribution in [-0.4, -0.2) is 11.9 Å². The molecule has 1 aromatic rings. The number of carbonyl (C=O) groups excluding carboxylic acids is 1. The van der Waals surface area contributed by atoms with E-state index in [-0.39, 0.29) is 11.7 Å². The molecule has 3 nitrogen and oxygen atoms in total. The number of carbonyl (C=O) groups is 1. The first-order valence-electron chi connectivity index (χ1n) is 5.06. The molecule has 1 aromatic carbocycles. The highest BCUT2D eigenvalue weighted by Crippen LogP contribution is 2.20. The third-order valence-electron chi connectivity index (χ3n) is 2.12. The van der Waals surface area contributed by atoms with Gasteiger partial charge in [-0.3, -0.25) is 4.79 Å². The van der Waals surface area contributed by atoms with E-state index in [1.807, 2.05) is 6.92 Å². The normalized spacial score (nSPS) is 12.2. The number of rotatable bonds is 4. The molecule has 88 valence electrons. The zero-order valence-corrected chi connectivity index (χ0v) is 10.6. The Morgan fingerprint density at radius 3 is 2.88 bits per heavy atom. The standard InChI is InChI=1S/C11H14BrFN2O/c1-2-3-10(14)11(16)15-7-4-5-9(13)8(12)6-7/h4-6,10H,2-3,14H2,1H3,(H,15,16)/t10-/m0/s1. The maximum atomic E-state index is 12.9. The van der Waals surface area contributed by atoms with E-state index in [0.29, 0.717) is 16.6 Å². The molecule has 1 atom stereocenters. The molecular weight excluding hydrogens is 275 g/mol. The van der Waals surface area contributed by atoms with E-state index in [9.17, 15) is 9.18 Å². The number of hydrogen-bond acceptors (Lipinski definition) is 2. The second kappa shape index (κ2) is 5.96. The monoisotopic (exact) mass is 288 g/mol. The van der Waals surface area contributed by atoms with Crippen LogP contribution in [0.3, 0.4) is 0 Å². The Labute approximate surface area is 102 Å². The van der Waals surface area contributed by atoms with E-state index in [4.69, 9.17) is 5.73 Å². The predicted molar refractivity (Wildman–Crippen MR) is 65.6 cm³/mol. The molecule has 0 aliphatic rings. The lowest BCUT2D eigenvalue weighted by Crippen LogP contribution is -2.35. The van der Waals surface area contributed by atoms with Gasteiger partial charge in [-0.05, 0) is 40.5 Å². The molecule has 16 heavy (non-hydrogen) atoms. The van der Waals surface area contributed by atoms with Crippen LogP contribution in [0.5, 0.6) is 0 Å². The summed E-state index contributed by atoms with van der Waals surface area (Å²) in [6, 6.07) is 3.77. The van der Waals surface area contributed by atoms with Crippen LogP contribution in [0, 0.1) is 5.82 Å². The Morgan fingerprint density at radius 2 is 2.31 bits per heavy atom. The number of hydrogen-bond donors (Lipinski definition) is 2. The summed E-state index contributed by atoms with van der Waals surface area (Å²) in [5.74, 6) is -0.615. The van der Waals surface area contributed by atoms with Crippen LogP contribution < -0.4 is 11.1 Å². The average molecular weight is 289 g/mol. The molecule has 0 saturated heterocycles. The number of nitrogens with two attached hydrogens (primary N) is 1. The maximum Gasteiger partial charge on any atom is 0.241 e. The molecule has 0 bridgehead atoms. The van der Waals surface area contributed by atoms with Crippen molar-refractivity contribution in [3.8, 4) is 0 Å². The summed E-state index contributed by atoms with van der Waals surface area (Å²) in [6.45, 7) is 1.96. The zero-order chi connectivity index (χ0) is 12.1. The molecule has 0 radical (unpaired) electrons. The quantitative estimate of drug-likeness (QED) is 0.895. The largest absolute Gasteiger partial charge is 0.325 e. The van der Waals surface area contributed by atoms with Gasteiger partial charge < -0.3 is 11.1 Å². The minimum Gasteiger partial charge on any atom is -0.325 e. The smallest absolute Gasteiger partial charge is 0.241 e. The summed E-state index contributed by atoms with van der Waals surface area (Å²) in [7, 11) is 0. The van der Waals surface area contributed by atoms with Crippen molar-refractivity contribution in [2.24, 2.45) is 5.73 Å². The minimum absolute atomic E-state index is 0.250. The molecule has 0 fully saturated rings. The van der Waals surface area contributed by atoms with E-state index in [1.54, 1.807) is 0 Å². The Hall–Kier alpha value is -0.940. The van der Waals surface area contributed by atoms with E-state index < -0.39 is 6.04 Å². The first-order chi connectivity index (χ1) is 7.54. The van der Waals surface area contributed by atoms with E-state index in [1.165, 1.54) is 18.2 Å². The molecule has 1 rings (SSSR count). The molecule has 0 aliphatic carbocycles. The zero-order valence-electron chi connectivity index (χ0n) is 8.97. The van der Waals surface area contributed by atoms with E-state index in [2.05, 4.69) is 21.2 Å².